The van der Waals surface area contributed by atoms with Crippen molar-refractivity contribution in [1.29, 1.82) is 0 Å². The minimum atomic E-state index is -0.196. The van der Waals surface area contributed by atoms with E-state index in [1.165, 1.54) is 0 Å². The van der Waals surface area contributed by atoms with Gasteiger partial charge in [0, 0.05) is 13.0 Å². The normalized spacial score (nSPS) is 14.9. The Kier molecular flexibility index (Phi) is 7.84. The molecule has 0 saturated carbocycles. The van der Waals surface area contributed by atoms with Gasteiger partial charge in [0.15, 0.2) is 0 Å². The lowest BCUT2D eigenvalue weighted by atomic mass is 10.1. The highest BCUT2D eigenvalue weighted by Gasteiger charge is 2.16. The second kappa shape index (κ2) is 9.22. The fourth-order valence-electron chi connectivity index (χ4n) is 1.53. The fraction of sp³-hybridized carbons (Fsp3) is 0.833. The van der Waals surface area contributed by atoms with E-state index in [4.69, 9.17) is 4.74 Å². The number of nitrogens with one attached hydrogen (secondary N) is 2. The summed E-state index contributed by atoms with van der Waals surface area (Å²) in [5, 5.41) is 6.01. The molecule has 0 aromatic rings. The Morgan fingerprint density at radius 2 is 2.22 bits per heavy atom. The standard InChI is InChI=1S/C12H22N2O3S/c1-2-17-12(16)4-3-5-14-11(15)9-18-8-10-6-13-7-10/h10,13H,2-9H2,1H3,(H,14,15). The zero-order chi connectivity index (χ0) is 13.2. The van der Waals surface area contributed by atoms with Crippen LogP contribution in [0.4, 0.5) is 0 Å². The first-order valence-electron chi connectivity index (χ1n) is 6.43. The minimum Gasteiger partial charge on any atom is -0.466 e. The highest BCUT2D eigenvalue weighted by Crippen LogP contribution is 2.11. The molecule has 0 bridgehead atoms. The van der Waals surface area contributed by atoms with Crippen LogP contribution in [0.15, 0.2) is 0 Å². The minimum absolute atomic E-state index is 0.0520. The Morgan fingerprint density at radius 1 is 1.44 bits per heavy atom. The molecule has 1 heterocycles. The summed E-state index contributed by atoms with van der Waals surface area (Å²) in [4.78, 5) is 22.5. The van der Waals surface area contributed by atoms with Gasteiger partial charge in [0.2, 0.25) is 5.91 Å². The van der Waals surface area contributed by atoms with E-state index in [1.807, 2.05) is 0 Å². The van der Waals surface area contributed by atoms with Gasteiger partial charge in [-0.1, -0.05) is 0 Å². The van der Waals surface area contributed by atoms with E-state index in [-0.39, 0.29) is 11.9 Å². The molecule has 0 aliphatic carbocycles. The van der Waals surface area contributed by atoms with E-state index in [1.54, 1.807) is 18.7 Å². The lowest BCUT2D eigenvalue weighted by molar-refractivity contribution is -0.143. The summed E-state index contributed by atoms with van der Waals surface area (Å²) in [6.07, 6.45) is 1.01. The molecule has 2 N–H and O–H groups in total. The summed E-state index contributed by atoms with van der Waals surface area (Å²) in [6, 6.07) is 0. The van der Waals surface area contributed by atoms with Gasteiger partial charge in [-0.05, 0) is 38.1 Å². The quantitative estimate of drug-likeness (QED) is 0.470. The first-order valence-corrected chi connectivity index (χ1v) is 7.58. The average Bonchev–Trinajstić information content (AvgIpc) is 2.28. The number of carbonyl (C=O) groups excluding carboxylic acids is 2. The second-order valence-corrected chi connectivity index (χ2v) is 5.33. The SMILES string of the molecule is CCOC(=O)CCCNC(=O)CSCC1CNC1. The van der Waals surface area contributed by atoms with Gasteiger partial charge in [-0.25, -0.2) is 0 Å². The van der Waals surface area contributed by atoms with Crippen molar-refractivity contribution in [2.45, 2.75) is 19.8 Å². The van der Waals surface area contributed by atoms with E-state index in [9.17, 15) is 9.59 Å². The van der Waals surface area contributed by atoms with Crippen LogP contribution in [0.3, 0.4) is 0 Å². The summed E-state index contributed by atoms with van der Waals surface area (Å²) < 4.78 is 4.80. The number of carbonyl (C=O) groups is 2. The summed E-state index contributed by atoms with van der Waals surface area (Å²) in [5.41, 5.74) is 0. The Hall–Kier alpha value is -0.750. The van der Waals surface area contributed by atoms with Gasteiger partial charge in [0.25, 0.3) is 0 Å². The van der Waals surface area contributed by atoms with Crippen LogP contribution in [0.5, 0.6) is 0 Å². The van der Waals surface area contributed by atoms with E-state index in [0.717, 1.165) is 24.8 Å². The van der Waals surface area contributed by atoms with Gasteiger partial charge in [0.05, 0.1) is 12.4 Å². The molecular formula is C12H22N2O3S. The maximum absolute atomic E-state index is 11.4. The van der Waals surface area contributed by atoms with Crippen molar-refractivity contribution < 1.29 is 14.3 Å². The van der Waals surface area contributed by atoms with Gasteiger partial charge in [-0.15, -0.1) is 0 Å². The Morgan fingerprint density at radius 3 is 2.83 bits per heavy atom. The predicted molar refractivity (Wildman–Crippen MR) is 72.6 cm³/mol. The zero-order valence-electron chi connectivity index (χ0n) is 10.9. The Bertz CT molecular complexity index is 270. The van der Waals surface area contributed by atoms with Gasteiger partial charge in [-0.2, -0.15) is 11.8 Å². The highest BCUT2D eigenvalue weighted by atomic mass is 32.2. The van der Waals surface area contributed by atoms with Crippen LogP contribution < -0.4 is 10.6 Å². The number of hydrogen-bond donors (Lipinski definition) is 2. The van der Waals surface area contributed by atoms with Crippen LogP contribution >= 0.6 is 11.8 Å². The number of rotatable bonds is 9. The maximum atomic E-state index is 11.4. The van der Waals surface area contributed by atoms with Crippen LogP contribution in [0.1, 0.15) is 19.8 Å². The molecule has 0 unspecified atom stereocenters. The average molecular weight is 274 g/mol. The second-order valence-electron chi connectivity index (χ2n) is 4.30. The first kappa shape index (κ1) is 15.3. The molecule has 18 heavy (non-hydrogen) atoms. The smallest absolute Gasteiger partial charge is 0.305 e. The van der Waals surface area contributed by atoms with Crippen molar-refractivity contribution in [3.05, 3.63) is 0 Å². The van der Waals surface area contributed by atoms with Crippen molar-refractivity contribution in [1.82, 2.24) is 10.6 Å². The molecule has 1 saturated heterocycles. The molecule has 1 aliphatic heterocycles. The largest absolute Gasteiger partial charge is 0.466 e. The van der Waals surface area contributed by atoms with E-state index in [2.05, 4.69) is 10.6 Å². The first-order chi connectivity index (χ1) is 8.72. The number of amides is 1. The Balaban J connectivity index is 1.88. The van der Waals surface area contributed by atoms with E-state index in [0.29, 0.717) is 31.7 Å². The van der Waals surface area contributed by atoms with Crippen LogP contribution in [0.25, 0.3) is 0 Å². The van der Waals surface area contributed by atoms with Crippen molar-refractivity contribution in [2.24, 2.45) is 5.92 Å². The van der Waals surface area contributed by atoms with Crippen LogP contribution in [0, 0.1) is 5.92 Å². The van der Waals surface area contributed by atoms with Gasteiger partial charge in [0.1, 0.15) is 0 Å². The lowest BCUT2D eigenvalue weighted by Gasteiger charge is -2.26. The molecule has 0 spiro atoms. The summed E-state index contributed by atoms with van der Waals surface area (Å²) in [6.45, 7) is 4.90. The summed E-state index contributed by atoms with van der Waals surface area (Å²) in [7, 11) is 0. The van der Waals surface area contributed by atoms with Crippen LogP contribution in [-0.4, -0.2) is 49.6 Å². The predicted octanol–water partition coefficient (Wildman–Crippen LogP) is 0.399. The third-order valence-electron chi connectivity index (χ3n) is 2.64. The van der Waals surface area contributed by atoms with E-state index < -0.39 is 0 Å². The molecule has 5 nitrogen and oxygen atoms in total. The molecule has 6 heteroatoms. The molecule has 1 aliphatic rings. The van der Waals surface area contributed by atoms with Crippen LogP contribution in [0.2, 0.25) is 0 Å². The Labute approximate surface area is 112 Å². The maximum Gasteiger partial charge on any atom is 0.305 e. The number of thioether (sulfide) groups is 1. The van der Waals surface area contributed by atoms with Crippen molar-refractivity contribution >= 4 is 23.6 Å². The monoisotopic (exact) mass is 274 g/mol. The van der Waals surface area contributed by atoms with Crippen LogP contribution in [-0.2, 0) is 14.3 Å². The number of esters is 1. The summed E-state index contributed by atoms with van der Waals surface area (Å²) in [5.74, 6) is 2.14. The molecule has 104 valence electrons. The number of ether oxygens (including phenoxy) is 1. The van der Waals surface area contributed by atoms with Crippen molar-refractivity contribution in [3.8, 4) is 0 Å². The molecule has 1 fully saturated rings. The van der Waals surface area contributed by atoms with Gasteiger partial charge < -0.3 is 15.4 Å². The highest BCUT2D eigenvalue weighted by molar-refractivity contribution is 7.99. The lowest BCUT2D eigenvalue weighted by Crippen LogP contribution is -2.43. The molecule has 0 radical (unpaired) electrons. The van der Waals surface area contributed by atoms with Crippen molar-refractivity contribution in [2.75, 3.05) is 37.7 Å². The van der Waals surface area contributed by atoms with Gasteiger partial charge >= 0.3 is 5.97 Å². The molecule has 0 aromatic carbocycles. The van der Waals surface area contributed by atoms with E-state index >= 15 is 0 Å². The number of hydrogen-bond acceptors (Lipinski definition) is 5. The topological polar surface area (TPSA) is 67.4 Å². The molecule has 0 aromatic heterocycles. The molecule has 0 atom stereocenters. The third kappa shape index (κ3) is 6.86. The zero-order valence-corrected chi connectivity index (χ0v) is 11.7. The molecule has 1 amide bonds. The summed E-state index contributed by atoms with van der Waals surface area (Å²) >= 11 is 1.67. The third-order valence-corrected chi connectivity index (χ3v) is 3.81. The molecular weight excluding hydrogens is 252 g/mol. The fourth-order valence-corrected chi connectivity index (χ4v) is 2.50. The van der Waals surface area contributed by atoms with Gasteiger partial charge in [-0.3, -0.25) is 9.59 Å². The van der Waals surface area contributed by atoms with Crippen molar-refractivity contribution in [3.63, 3.8) is 0 Å². The molecule has 1 rings (SSSR count).